The molecule has 0 radical (unpaired) electrons. The summed E-state index contributed by atoms with van der Waals surface area (Å²) in [6, 6.07) is 0.401. The zero-order chi connectivity index (χ0) is 32.6. The number of nitrogens with zero attached hydrogens (tertiary/aromatic N) is 3. The number of aryl methyl sites for hydroxylation is 1. The monoisotopic (exact) mass is 627 g/mol. The van der Waals surface area contributed by atoms with Crippen LogP contribution in [0.1, 0.15) is 104 Å². The van der Waals surface area contributed by atoms with E-state index in [9.17, 15) is 29.1 Å². The maximum atomic E-state index is 13.9. The standard InChI is InChI=1S/C32H49N7O6/c1-4-26(41)34-23(18-31(2)13-5-6-14-31)24(40)19-32(15-7-16-32)27(28(42)35-25-12-17-39(3)38-25)36-37-30(45)33-20-21-8-10-22(11-9-21)29(43)44/h12,17,21-23H,4-11,13-16,18-20H2,1-3H3,(H,34,41)(H,43,44)(H2,33,37,45)(H,35,38,42)/t21?,22?,23-/m0/s1. The summed E-state index contributed by atoms with van der Waals surface area (Å²) in [5.74, 6) is -1.50. The number of hydrogen-bond donors (Lipinski definition) is 5. The molecule has 3 aliphatic rings. The van der Waals surface area contributed by atoms with Gasteiger partial charge in [0.15, 0.2) is 11.6 Å². The van der Waals surface area contributed by atoms with Gasteiger partial charge < -0.3 is 21.1 Å². The van der Waals surface area contributed by atoms with Crippen LogP contribution in [-0.2, 0) is 26.2 Å². The van der Waals surface area contributed by atoms with Crippen molar-refractivity contribution in [3.05, 3.63) is 12.3 Å². The molecule has 3 fully saturated rings. The van der Waals surface area contributed by atoms with Gasteiger partial charge in [-0.25, -0.2) is 10.2 Å². The highest BCUT2D eigenvalue weighted by atomic mass is 16.4. The molecule has 4 amide bonds. The first-order chi connectivity index (χ1) is 21.4. The van der Waals surface area contributed by atoms with Crippen LogP contribution >= 0.6 is 0 Å². The number of anilines is 1. The highest BCUT2D eigenvalue weighted by Crippen LogP contribution is 2.47. The number of ketones is 1. The van der Waals surface area contributed by atoms with E-state index in [1.54, 1.807) is 30.9 Å². The maximum Gasteiger partial charge on any atom is 0.335 e. The van der Waals surface area contributed by atoms with E-state index in [0.717, 1.165) is 32.1 Å². The third-order valence-corrected chi connectivity index (χ3v) is 10.1. The van der Waals surface area contributed by atoms with Gasteiger partial charge in [-0.3, -0.25) is 23.9 Å². The third kappa shape index (κ3) is 9.13. The Hall–Kier alpha value is -3.77. The minimum atomic E-state index is -0.899. The van der Waals surface area contributed by atoms with E-state index in [0.29, 0.717) is 57.3 Å². The number of carboxylic acid groups (broad SMARTS) is 1. The number of aliphatic carboxylic acids is 1. The van der Waals surface area contributed by atoms with E-state index in [-0.39, 0.29) is 47.5 Å². The van der Waals surface area contributed by atoms with Crippen molar-refractivity contribution in [2.75, 3.05) is 11.9 Å². The van der Waals surface area contributed by atoms with Crippen molar-refractivity contribution < 1.29 is 29.1 Å². The second-order valence-corrected chi connectivity index (χ2v) is 13.6. The molecule has 3 aliphatic carbocycles. The van der Waals surface area contributed by atoms with Crippen molar-refractivity contribution in [3.63, 3.8) is 0 Å². The number of carbonyl (C=O) groups is 5. The Morgan fingerprint density at radius 1 is 1.07 bits per heavy atom. The zero-order valence-electron chi connectivity index (χ0n) is 26.8. The zero-order valence-corrected chi connectivity index (χ0v) is 26.8. The van der Waals surface area contributed by atoms with E-state index in [1.807, 2.05) is 0 Å². The van der Waals surface area contributed by atoms with Gasteiger partial charge in [-0.15, -0.1) is 0 Å². The van der Waals surface area contributed by atoms with Crippen molar-refractivity contribution in [3.8, 4) is 0 Å². The molecule has 3 saturated carbocycles. The van der Waals surface area contributed by atoms with Gasteiger partial charge >= 0.3 is 12.0 Å². The van der Waals surface area contributed by atoms with Gasteiger partial charge in [-0.05, 0) is 69.1 Å². The largest absolute Gasteiger partial charge is 0.481 e. The molecule has 0 saturated heterocycles. The molecule has 45 heavy (non-hydrogen) atoms. The van der Waals surface area contributed by atoms with Crippen molar-refractivity contribution in [2.24, 2.45) is 34.8 Å². The topological polar surface area (TPSA) is 184 Å². The average Bonchev–Trinajstić information content (AvgIpc) is 3.61. The Balaban J connectivity index is 1.49. The molecule has 0 aromatic carbocycles. The lowest BCUT2D eigenvalue weighted by Gasteiger charge is -2.42. The Morgan fingerprint density at radius 2 is 1.76 bits per heavy atom. The summed E-state index contributed by atoms with van der Waals surface area (Å²) in [7, 11) is 1.73. The van der Waals surface area contributed by atoms with Gasteiger partial charge in [0.2, 0.25) is 5.91 Å². The van der Waals surface area contributed by atoms with Gasteiger partial charge in [0.25, 0.3) is 5.91 Å². The molecule has 1 atom stereocenters. The molecule has 4 rings (SSSR count). The molecule has 5 N–H and O–H groups in total. The number of carboxylic acids is 1. The fourth-order valence-electron chi connectivity index (χ4n) is 7.09. The van der Waals surface area contributed by atoms with Crippen LogP contribution in [0.4, 0.5) is 10.6 Å². The molecule has 0 unspecified atom stereocenters. The van der Waals surface area contributed by atoms with E-state index < -0.39 is 29.4 Å². The van der Waals surface area contributed by atoms with Crippen LogP contribution in [0.25, 0.3) is 0 Å². The SMILES string of the molecule is CCC(=O)N[C@@H](CC1(C)CCCC1)C(=O)CC1(C(=NNC(=O)NCC2CCC(C(=O)O)CC2)C(=O)Nc2ccn(C)n2)CCC1. The lowest BCUT2D eigenvalue weighted by atomic mass is 9.61. The van der Waals surface area contributed by atoms with E-state index in [2.05, 4.69) is 38.5 Å². The summed E-state index contributed by atoms with van der Waals surface area (Å²) in [5, 5.41) is 26.3. The summed E-state index contributed by atoms with van der Waals surface area (Å²) in [5.41, 5.74) is 1.60. The van der Waals surface area contributed by atoms with E-state index in [1.165, 1.54) is 0 Å². The lowest BCUT2D eigenvalue weighted by molar-refractivity contribution is -0.143. The average molecular weight is 628 g/mol. The number of Topliss-reactive ketones (excluding diaryl/α,β-unsaturated/α-hetero) is 1. The number of urea groups is 1. The number of hydrazone groups is 1. The highest BCUT2D eigenvalue weighted by Gasteiger charge is 2.48. The van der Waals surface area contributed by atoms with Gasteiger partial charge in [0, 0.05) is 44.1 Å². The molecule has 13 heteroatoms. The summed E-state index contributed by atoms with van der Waals surface area (Å²) < 4.78 is 1.55. The van der Waals surface area contributed by atoms with E-state index >= 15 is 0 Å². The smallest absolute Gasteiger partial charge is 0.335 e. The first-order valence-corrected chi connectivity index (χ1v) is 16.4. The molecule has 248 valence electrons. The Kier molecular flexibility index (Phi) is 11.4. The van der Waals surface area contributed by atoms with Gasteiger partial charge in [0.1, 0.15) is 5.71 Å². The van der Waals surface area contributed by atoms with Gasteiger partial charge in [0.05, 0.1) is 12.0 Å². The number of amides is 4. The Labute approximate surface area is 264 Å². The van der Waals surface area contributed by atoms with Crippen molar-refractivity contribution in [1.29, 1.82) is 0 Å². The molecule has 0 bridgehead atoms. The maximum absolute atomic E-state index is 13.9. The molecular weight excluding hydrogens is 578 g/mol. The number of nitrogens with one attached hydrogen (secondary N) is 4. The predicted octanol–water partition coefficient (Wildman–Crippen LogP) is 3.90. The minimum absolute atomic E-state index is 0.0162. The molecule has 0 spiro atoms. The molecule has 1 aromatic heterocycles. The van der Waals surface area contributed by atoms with Crippen LogP contribution in [0.3, 0.4) is 0 Å². The molecule has 0 aliphatic heterocycles. The first kappa shape index (κ1) is 34.1. The summed E-state index contributed by atoms with van der Waals surface area (Å²) >= 11 is 0. The quantitative estimate of drug-likeness (QED) is 0.153. The Morgan fingerprint density at radius 3 is 2.31 bits per heavy atom. The number of rotatable bonds is 14. The van der Waals surface area contributed by atoms with Crippen LogP contribution in [0.15, 0.2) is 17.4 Å². The van der Waals surface area contributed by atoms with E-state index in [4.69, 9.17) is 0 Å². The van der Waals surface area contributed by atoms with Gasteiger partial charge in [-0.1, -0.05) is 33.1 Å². The van der Waals surface area contributed by atoms with Crippen LogP contribution in [0.5, 0.6) is 0 Å². The summed E-state index contributed by atoms with van der Waals surface area (Å²) in [6.07, 6.45) is 11.2. The van der Waals surface area contributed by atoms with Crippen LogP contribution in [0, 0.1) is 22.7 Å². The molecular formula is C32H49N7O6. The molecule has 1 heterocycles. The molecule has 1 aromatic rings. The third-order valence-electron chi connectivity index (χ3n) is 10.1. The van der Waals surface area contributed by atoms with Gasteiger partial charge in [-0.2, -0.15) is 10.2 Å². The highest BCUT2D eigenvalue weighted by molar-refractivity contribution is 6.45. The van der Waals surface area contributed by atoms with Crippen LogP contribution in [-0.4, -0.2) is 62.8 Å². The number of carbonyl (C=O) groups excluding carboxylic acids is 4. The van der Waals surface area contributed by atoms with Crippen molar-refractivity contribution in [1.82, 2.24) is 25.8 Å². The van der Waals surface area contributed by atoms with Crippen LogP contribution < -0.4 is 21.4 Å². The fourth-order valence-corrected chi connectivity index (χ4v) is 7.09. The lowest BCUT2D eigenvalue weighted by Crippen LogP contribution is -2.51. The molecule has 13 nitrogen and oxygen atoms in total. The second kappa shape index (κ2) is 15.0. The van der Waals surface area contributed by atoms with Crippen LogP contribution in [0.2, 0.25) is 0 Å². The Bertz CT molecular complexity index is 1270. The normalized spacial score (nSPS) is 22.9. The minimum Gasteiger partial charge on any atom is -0.481 e. The number of aromatic nitrogens is 2. The van der Waals surface area contributed by atoms with Crippen molar-refractivity contribution in [2.45, 2.75) is 110 Å². The van der Waals surface area contributed by atoms with Crippen molar-refractivity contribution >= 4 is 41.1 Å². The second-order valence-electron chi connectivity index (χ2n) is 13.6. The first-order valence-electron chi connectivity index (χ1n) is 16.4. The fraction of sp³-hybridized carbons (Fsp3) is 0.719. The summed E-state index contributed by atoms with van der Waals surface area (Å²) in [6.45, 7) is 4.29. The predicted molar refractivity (Wildman–Crippen MR) is 168 cm³/mol. The summed E-state index contributed by atoms with van der Waals surface area (Å²) in [4.78, 5) is 64.1. The number of hydrogen-bond acceptors (Lipinski definition) is 7.